The summed E-state index contributed by atoms with van der Waals surface area (Å²) in [4.78, 5) is 0. The molecule has 0 N–H and O–H groups in total. The van der Waals surface area contributed by atoms with Crippen LogP contribution in [0.15, 0.2) is 120 Å². The molecule has 240 valence electrons. The van der Waals surface area contributed by atoms with Crippen LogP contribution in [-0.4, -0.2) is 6.66 Å². The van der Waals surface area contributed by atoms with Gasteiger partial charge in [0.05, 0.1) is 8.81 Å². The van der Waals surface area contributed by atoms with Gasteiger partial charge in [-0.15, -0.1) is 0 Å². The maximum atomic E-state index is 6.19. The van der Waals surface area contributed by atoms with Gasteiger partial charge in [-0.2, -0.15) is 0 Å². The Kier molecular flexibility index (Phi) is 10.4. The summed E-state index contributed by atoms with van der Waals surface area (Å²) in [6.45, 7) is 13.4. The Bertz CT molecular complexity index is 1910. The van der Waals surface area contributed by atoms with Crippen LogP contribution in [0.2, 0.25) is 0 Å². The number of benzene rings is 4. The average Bonchev–Trinajstić information content (AvgIpc) is 3.08. The van der Waals surface area contributed by atoms with Gasteiger partial charge in [-0.1, -0.05) is 104 Å². The fraction of sp³-hybridized carbons (Fsp3) is 0.289. The Morgan fingerprint density at radius 1 is 0.660 bits per heavy atom. The van der Waals surface area contributed by atoms with Crippen LogP contribution in [0.4, 0.5) is 0 Å². The van der Waals surface area contributed by atoms with Crippen molar-refractivity contribution in [1.29, 1.82) is 0 Å². The number of hydrogen-bond acceptors (Lipinski definition) is 1. The summed E-state index contributed by atoms with van der Waals surface area (Å²) >= 11 is 0. The van der Waals surface area contributed by atoms with Crippen molar-refractivity contribution in [2.45, 2.75) is 79.6 Å². The molecule has 0 heterocycles. The highest BCUT2D eigenvalue weighted by Gasteiger charge is 2.22. The largest absolute Gasteiger partial charge is 0.477 e. The summed E-state index contributed by atoms with van der Waals surface area (Å²) in [6.07, 6.45) is 16.6. The molecular formula is C45H49OP. The fourth-order valence-corrected chi connectivity index (χ4v) is 7.87. The first kappa shape index (κ1) is 33.0. The van der Waals surface area contributed by atoms with E-state index in [-0.39, 0.29) is 0 Å². The third kappa shape index (κ3) is 7.17. The van der Waals surface area contributed by atoms with E-state index in [0.717, 1.165) is 50.7 Å². The zero-order valence-electron chi connectivity index (χ0n) is 29.1. The normalized spacial score (nSPS) is 14.9. The maximum absolute atomic E-state index is 6.19. The first-order valence-electron chi connectivity index (χ1n) is 17.4. The van der Waals surface area contributed by atoms with Crippen LogP contribution in [0.25, 0.3) is 22.3 Å². The van der Waals surface area contributed by atoms with Gasteiger partial charge in [0.2, 0.25) is 0 Å². The number of allylic oxidation sites excluding steroid dienone is 7. The molecule has 4 aromatic carbocycles. The highest BCUT2D eigenvalue weighted by atomic mass is 31.1. The minimum absolute atomic E-state index is 0.447. The van der Waals surface area contributed by atoms with E-state index in [9.17, 15) is 0 Å². The minimum atomic E-state index is 0.447. The van der Waals surface area contributed by atoms with E-state index >= 15 is 0 Å². The van der Waals surface area contributed by atoms with Gasteiger partial charge in [-0.25, -0.2) is 0 Å². The van der Waals surface area contributed by atoms with Gasteiger partial charge in [0.15, 0.2) is 0 Å². The van der Waals surface area contributed by atoms with Crippen molar-refractivity contribution in [3.63, 3.8) is 0 Å². The number of rotatable bonds is 10. The van der Waals surface area contributed by atoms with Crippen LogP contribution < -0.4 is 0 Å². The van der Waals surface area contributed by atoms with E-state index in [1.807, 2.05) is 0 Å². The lowest BCUT2D eigenvalue weighted by molar-refractivity contribution is 0.496. The van der Waals surface area contributed by atoms with Crippen LogP contribution in [0.1, 0.15) is 77.1 Å². The lowest BCUT2D eigenvalue weighted by Crippen LogP contribution is -2.08. The predicted octanol–water partition coefficient (Wildman–Crippen LogP) is 12.4. The van der Waals surface area contributed by atoms with Gasteiger partial charge in [0.25, 0.3) is 0 Å². The van der Waals surface area contributed by atoms with E-state index in [4.69, 9.17) is 4.52 Å². The molecule has 6 rings (SSSR count). The quantitative estimate of drug-likeness (QED) is 0.157. The maximum Gasteiger partial charge on any atom is 0.126 e. The summed E-state index contributed by atoms with van der Waals surface area (Å²) in [5.41, 5.74) is 20.7. The van der Waals surface area contributed by atoms with Crippen molar-refractivity contribution in [3.8, 4) is 22.3 Å². The molecule has 0 saturated heterocycles. The molecular weight excluding hydrogens is 587 g/mol. The van der Waals surface area contributed by atoms with Crippen LogP contribution in [0.5, 0.6) is 0 Å². The second kappa shape index (κ2) is 14.9. The van der Waals surface area contributed by atoms with E-state index in [1.54, 1.807) is 0 Å². The van der Waals surface area contributed by atoms with Crippen molar-refractivity contribution < 1.29 is 4.52 Å². The molecule has 0 aliphatic heterocycles. The van der Waals surface area contributed by atoms with Gasteiger partial charge >= 0.3 is 0 Å². The second-order valence-electron chi connectivity index (χ2n) is 13.2. The predicted molar refractivity (Wildman–Crippen MR) is 205 cm³/mol. The molecule has 0 bridgehead atoms. The Hall–Kier alpha value is -3.93. The summed E-state index contributed by atoms with van der Waals surface area (Å²) < 4.78 is 6.19. The van der Waals surface area contributed by atoms with Crippen LogP contribution in [0, 0.1) is 27.7 Å². The molecule has 47 heavy (non-hydrogen) atoms. The molecule has 2 heteroatoms. The summed E-state index contributed by atoms with van der Waals surface area (Å²) in [5.74, 6) is 1.07. The molecule has 2 aliphatic rings. The van der Waals surface area contributed by atoms with Crippen LogP contribution in [-0.2, 0) is 23.8 Å². The smallest absolute Gasteiger partial charge is 0.126 e. The highest BCUT2D eigenvalue weighted by molar-refractivity contribution is 7.31. The fourth-order valence-electron chi connectivity index (χ4n) is 7.46. The third-order valence-electron chi connectivity index (χ3n) is 9.99. The van der Waals surface area contributed by atoms with Gasteiger partial charge in [-0.05, 0) is 158 Å². The SMILES string of the molecule is CCc1cc(C)cc(-c2cc(C)c(C)cc2CC2=CCCC=C2C2=C(OPC)C=CCC2)c1Cc1ccccc1-c1ccccc1C. The van der Waals surface area contributed by atoms with Crippen molar-refractivity contribution >= 4 is 8.81 Å². The first-order valence-corrected chi connectivity index (χ1v) is 18.8. The van der Waals surface area contributed by atoms with E-state index in [1.165, 1.54) is 83.5 Å². The van der Waals surface area contributed by atoms with Crippen molar-refractivity contribution in [2.75, 3.05) is 6.66 Å². The molecule has 0 amide bonds. The number of aryl methyl sites for hydroxylation is 5. The summed E-state index contributed by atoms with van der Waals surface area (Å²) in [7, 11) is 0.447. The van der Waals surface area contributed by atoms with E-state index in [0.29, 0.717) is 8.81 Å². The Labute approximate surface area is 285 Å². The lowest BCUT2D eigenvalue weighted by Gasteiger charge is -2.25. The molecule has 4 aromatic rings. The van der Waals surface area contributed by atoms with Gasteiger partial charge in [0, 0.05) is 5.57 Å². The lowest BCUT2D eigenvalue weighted by atomic mass is 9.80. The van der Waals surface area contributed by atoms with Crippen LogP contribution >= 0.6 is 8.81 Å². The highest BCUT2D eigenvalue weighted by Crippen LogP contribution is 2.41. The van der Waals surface area contributed by atoms with Gasteiger partial charge in [-0.3, -0.25) is 0 Å². The second-order valence-corrected chi connectivity index (χ2v) is 13.8. The van der Waals surface area contributed by atoms with E-state index < -0.39 is 0 Å². The molecule has 0 radical (unpaired) electrons. The van der Waals surface area contributed by atoms with Crippen molar-refractivity contribution in [1.82, 2.24) is 0 Å². The molecule has 1 atom stereocenters. The zero-order valence-corrected chi connectivity index (χ0v) is 30.1. The summed E-state index contributed by atoms with van der Waals surface area (Å²) in [6, 6.07) is 27.6. The van der Waals surface area contributed by atoms with Crippen LogP contribution in [0.3, 0.4) is 0 Å². The molecule has 0 aromatic heterocycles. The van der Waals surface area contributed by atoms with Gasteiger partial charge < -0.3 is 4.52 Å². The average molecular weight is 637 g/mol. The van der Waals surface area contributed by atoms with Gasteiger partial charge in [0.1, 0.15) is 5.76 Å². The first-order chi connectivity index (χ1) is 22.9. The third-order valence-corrected chi connectivity index (χ3v) is 10.4. The Balaban J connectivity index is 1.47. The molecule has 2 aliphatic carbocycles. The van der Waals surface area contributed by atoms with E-state index in [2.05, 4.69) is 138 Å². The summed E-state index contributed by atoms with van der Waals surface area (Å²) in [5, 5.41) is 0. The molecule has 1 unspecified atom stereocenters. The Morgan fingerprint density at radius 2 is 1.40 bits per heavy atom. The number of hydrogen-bond donors (Lipinski definition) is 0. The van der Waals surface area contributed by atoms with Crippen molar-refractivity contribution in [2.24, 2.45) is 0 Å². The minimum Gasteiger partial charge on any atom is -0.477 e. The molecule has 0 spiro atoms. The molecule has 1 nitrogen and oxygen atoms in total. The Morgan fingerprint density at radius 3 is 2.19 bits per heavy atom. The zero-order chi connectivity index (χ0) is 32.9. The standard InChI is InChI=1S/C45H49OP/c1-7-34-24-30(2)25-44(43(34)29-36-18-10-12-20-39(36)38-19-11-8-16-31(38)3)42-27-33(5)32(4)26-37(42)28-35-17-9-13-21-40(35)41-22-14-15-23-45(41)46-47-6/h8,10-12,15-21,23-27,47H,7,9,13-14,22,28-29H2,1-6H3. The van der Waals surface area contributed by atoms with Crippen molar-refractivity contribution in [3.05, 3.63) is 164 Å². The monoisotopic (exact) mass is 636 g/mol. The molecule has 0 saturated carbocycles. The molecule has 0 fully saturated rings. The topological polar surface area (TPSA) is 9.23 Å².